The lowest BCUT2D eigenvalue weighted by Gasteiger charge is -2.08. The quantitative estimate of drug-likeness (QED) is 0.880. The second-order valence-corrected chi connectivity index (χ2v) is 3.80. The molecule has 19 heavy (non-hydrogen) atoms. The molecule has 96 valence electrons. The first-order valence-corrected chi connectivity index (χ1v) is 5.66. The summed E-state index contributed by atoms with van der Waals surface area (Å²) < 4.78 is 13.5. The average Bonchev–Trinajstić information content (AvgIpc) is 2.44. The lowest BCUT2D eigenvalue weighted by Crippen LogP contribution is -2.03. The molecule has 1 aromatic carbocycles. The second-order valence-electron chi connectivity index (χ2n) is 3.80. The van der Waals surface area contributed by atoms with E-state index in [1.807, 2.05) is 12.1 Å². The molecule has 0 saturated heterocycles. The van der Waals surface area contributed by atoms with Gasteiger partial charge in [0, 0.05) is 12.7 Å². The Labute approximate surface area is 110 Å². The van der Waals surface area contributed by atoms with E-state index in [-0.39, 0.29) is 5.82 Å². The van der Waals surface area contributed by atoms with Crippen LogP contribution in [0.2, 0.25) is 0 Å². The lowest BCUT2D eigenvalue weighted by atomic mass is 10.1. The first-order valence-electron chi connectivity index (χ1n) is 5.66. The Bertz CT molecular complexity index is 603. The van der Waals surface area contributed by atoms with Crippen LogP contribution in [0.15, 0.2) is 30.5 Å². The number of benzene rings is 1. The summed E-state index contributed by atoms with van der Waals surface area (Å²) in [5, 5.41) is 14.2. The van der Waals surface area contributed by atoms with Crippen LogP contribution in [0.5, 0.6) is 0 Å². The van der Waals surface area contributed by atoms with Crippen LogP contribution in [0, 0.1) is 17.1 Å². The summed E-state index contributed by atoms with van der Waals surface area (Å²) in [5.41, 5.74) is 1.61. The fourth-order valence-corrected chi connectivity index (χ4v) is 1.51. The van der Waals surface area contributed by atoms with Crippen LogP contribution in [-0.4, -0.2) is 17.0 Å². The molecule has 0 bridgehead atoms. The minimum Gasteiger partial charge on any atom is -0.357 e. The van der Waals surface area contributed by atoms with Crippen LogP contribution in [0.3, 0.4) is 0 Å². The molecule has 0 aliphatic carbocycles. The van der Waals surface area contributed by atoms with Gasteiger partial charge in [-0.05, 0) is 17.7 Å². The predicted molar refractivity (Wildman–Crippen MR) is 70.6 cm³/mol. The van der Waals surface area contributed by atoms with E-state index >= 15 is 0 Å². The molecule has 0 aliphatic rings. The highest BCUT2D eigenvalue weighted by Gasteiger charge is 2.06. The van der Waals surface area contributed by atoms with Gasteiger partial charge in [0.05, 0.1) is 18.7 Å². The van der Waals surface area contributed by atoms with Crippen molar-refractivity contribution in [2.24, 2.45) is 0 Å². The van der Waals surface area contributed by atoms with Crippen molar-refractivity contribution in [3.05, 3.63) is 41.8 Å². The molecular weight excluding hydrogens is 245 g/mol. The van der Waals surface area contributed by atoms with Gasteiger partial charge in [-0.15, -0.1) is 0 Å². The van der Waals surface area contributed by atoms with Crippen molar-refractivity contribution in [2.75, 3.05) is 17.7 Å². The number of nitrogens with zero attached hydrogens (tertiary/aromatic N) is 3. The van der Waals surface area contributed by atoms with Crippen molar-refractivity contribution in [3.63, 3.8) is 0 Å². The molecule has 0 spiro atoms. The number of anilines is 3. The summed E-state index contributed by atoms with van der Waals surface area (Å²) in [6.45, 7) is 0. The van der Waals surface area contributed by atoms with Gasteiger partial charge in [-0.25, -0.2) is 9.37 Å². The van der Waals surface area contributed by atoms with Crippen LogP contribution >= 0.6 is 0 Å². The summed E-state index contributed by atoms with van der Waals surface area (Å²) >= 11 is 0. The van der Waals surface area contributed by atoms with Gasteiger partial charge in [0.25, 0.3) is 0 Å². The SMILES string of the molecule is CNc1ncc(F)c(Nc2ccc(CC#N)cc2)n1. The lowest BCUT2D eigenvalue weighted by molar-refractivity contribution is 0.619. The Hall–Kier alpha value is -2.68. The fourth-order valence-electron chi connectivity index (χ4n) is 1.51. The minimum atomic E-state index is -0.528. The maximum atomic E-state index is 13.5. The van der Waals surface area contributed by atoms with Crippen molar-refractivity contribution in [1.29, 1.82) is 5.26 Å². The number of nitriles is 1. The summed E-state index contributed by atoms with van der Waals surface area (Å²) in [6, 6.07) is 9.23. The van der Waals surface area contributed by atoms with Crippen LogP contribution < -0.4 is 10.6 Å². The van der Waals surface area contributed by atoms with Gasteiger partial charge in [0.2, 0.25) is 5.95 Å². The number of rotatable bonds is 4. The van der Waals surface area contributed by atoms with Crippen molar-refractivity contribution in [3.8, 4) is 6.07 Å². The van der Waals surface area contributed by atoms with E-state index in [0.29, 0.717) is 18.1 Å². The molecule has 5 nitrogen and oxygen atoms in total. The number of hydrogen-bond acceptors (Lipinski definition) is 5. The maximum absolute atomic E-state index is 13.5. The van der Waals surface area contributed by atoms with Crippen LogP contribution in [0.4, 0.5) is 21.8 Å². The summed E-state index contributed by atoms with van der Waals surface area (Å²) in [4.78, 5) is 7.75. The molecule has 0 radical (unpaired) electrons. The summed E-state index contributed by atoms with van der Waals surface area (Å²) in [7, 11) is 1.66. The van der Waals surface area contributed by atoms with Crippen LogP contribution in [0.1, 0.15) is 5.56 Å². The summed E-state index contributed by atoms with van der Waals surface area (Å²) in [5.74, 6) is -0.0857. The molecule has 0 unspecified atom stereocenters. The molecule has 0 amide bonds. The van der Waals surface area contributed by atoms with Gasteiger partial charge in [-0.1, -0.05) is 12.1 Å². The number of nitrogens with one attached hydrogen (secondary N) is 2. The van der Waals surface area contributed by atoms with Gasteiger partial charge in [-0.2, -0.15) is 10.2 Å². The smallest absolute Gasteiger partial charge is 0.224 e. The van der Waals surface area contributed by atoms with E-state index in [4.69, 9.17) is 5.26 Å². The molecule has 0 saturated carbocycles. The van der Waals surface area contributed by atoms with Crippen LogP contribution in [0.25, 0.3) is 0 Å². The highest BCUT2D eigenvalue weighted by molar-refractivity contribution is 5.57. The van der Waals surface area contributed by atoms with Gasteiger partial charge >= 0.3 is 0 Å². The number of halogens is 1. The molecule has 0 atom stereocenters. The monoisotopic (exact) mass is 257 g/mol. The molecule has 1 aromatic heterocycles. The molecular formula is C13H12FN5. The maximum Gasteiger partial charge on any atom is 0.224 e. The Kier molecular flexibility index (Phi) is 3.88. The molecule has 0 aliphatic heterocycles. The van der Waals surface area contributed by atoms with Crippen molar-refractivity contribution >= 4 is 17.5 Å². The normalized spacial score (nSPS) is 9.74. The number of aromatic nitrogens is 2. The molecule has 2 rings (SSSR count). The predicted octanol–water partition coefficient (Wildman–Crippen LogP) is 2.47. The number of hydrogen-bond donors (Lipinski definition) is 2. The standard InChI is InChI=1S/C13H12FN5/c1-16-13-17-8-11(14)12(19-13)18-10-4-2-9(3-5-10)6-7-15/h2-5,8H,6H2,1H3,(H2,16,17,18,19). The van der Waals surface area contributed by atoms with Gasteiger partial charge in [-0.3, -0.25) is 0 Å². The Morgan fingerprint density at radius 2 is 2.05 bits per heavy atom. The third kappa shape index (κ3) is 3.16. The minimum absolute atomic E-state index is 0.104. The third-order valence-corrected chi connectivity index (χ3v) is 2.47. The first-order chi connectivity index (χ1) is 9.22. The van der Waals surface area contributed by atoms with Gasteiger partial charge in [0.15, 0.2) is 11.6 Å². The van der Waals surface area contributed by atoms with E-state index in [2.05, 4.69) is 26.7 Å². The Morgan fingerprint density at radius 1 is 1.32 bits per heavy atom. The topological polar surface area (TPSA) is 73.6 Å². The molecule has 2 aromatic rings. The molecule has 1 heterocycles. The van der Waals surface area contributed by atoms with Gasteiger partial charge < -0.3 is 10.6 Å². The zero-order chi connectivity index (χ0) is 13.7. The zero-order valence-electron chi connectivity index (χ0n) is 10.3. The van der Waals surface area contributed by atoms with E-state index in [1.54, 1.807) is 19.2 Å². The third-order valence-electron chi connectivity index (χ3n) is 2.47. The van der Waals surface area contributed by atoms with Crippen molar-refractivity contribution < 1.29 is 4.39 Å². The van der Waals surface area contributed by atoms with E-state index in [1.165, 1.54) is 0 Å². The van der Waals surface area contributed by atoms with Crippen LogP contribution in [-0.2, 0) is 6.42 Å². The zero-order valence-corrected chi connectivity index (χ0v) is 10.3. The van der Waals surface area contributed by atoms with E-state index < -0.39 is 5.82 Å². The molecule has 2 N–H and O–H groups in total. The average molecular weight is 257 g/mol. The van der Waals surface area contributed by atoms with E-state index in [9.17, 15) is 4.39 Å². The largest absolute Gasteiger partial charge is 0.357 e. The fraction of sp³-hybridized carbons (Fsp3) is 0.154. The Morgan fingerprint density at radius 3 is 2.68 bits per heavy atom. The molecule has 6 heteroatoms. The van der Waals surface area contributed by atoms with E-state index in [0.717, 1.165) is 11.8 Å². The van der Waals surface area contributed by atoms with Crippen molar-refractivity contribution in [2.45, 2.75) is 6.42 Å². The molecule has 0 fully saturated rings. The first kappa shape index (κ1) is 12.8. The highest BCUT2D eigenvalue weighted by Crippen LogP contribution is 2.18. The second kappa shape index (κ2) is 5.78. The summed E-state index contributed by atoms with van der Waals surface area (Å²) in [6.07, 6.45) is 1.46. The Balaban J connectivity index is 2.19. The highest BCUT2D eigenvalue weighted by atomic mass is 19.1. The van der Waals surface area contributed by atoms with Crippen molar-refractivity contribution in [1.82, 2.24) is 9.97 Å². The van der Waals surface area contributed by atoms with Gasteiger partial charge in [0.1, 0.15) is 0 Å².